The average molecular weight is 298 g/mol. The van der Waals surface area contributed by atoms with Crippen molar-refractivity contribution < 1.29 is 9.53 Å². The van der Waals surface area contributed by atoms with E-state index in [1.165, 1.54) is 0 Å². The van der Waals surface area contributed by atoms with Crippen molar-refractivity contribution in [2.75, 3.05) is 0 Å². The lowest BCUT2D eigenvalue weighted by Crippen LogP contribution is -2.38. The Hall–Kier alpha value is -2.33. The average Bonchev–Trinajstić information content (AvgIpc) is 2.54. The molecular formula is C18H22N2O2. The van der Waals surface area contributed by atoms with Crippen LogP contribution in [0.2, 0.25) is 0 Å². The van der Waals surface area contributed by atoms with Gasteiger partial charge in [-0.15, -0.1) is 0 Å². The number of rotatable bonds is 6. The molecule has 0 saturated carbocycles. The highest BCUT2D eigenvalue weighted by molar-refractivity contribution is 5.79. The van der Waals surface area contributed by atoms with Crippen LogP contribution < -0.4 is 15.8 Å². The number of nitrogens with one attached hydrogen (secondary N) is 1. The monoisotopic (exact) mass is 298 g/mol. The van der Waals surface area contributed by atoms with Crippen LogP contribution in [-0.4, -0.2) is 11.9 Å². The molecule has 0 aliphatic carbocycles. The fraction of sp³-hybridized carbons (Fsp3) is 0.278. The zero-order chi connectivity index (χ0) is 15.9. The zero-order valence-corrected chi connectivity index (χ0v) is 13.0. The predicted octanol–water partition coefficient (Wildman–Crippen LogP) is 3.08. The lowest BCUT2D eigenvalue weighted by Gasteiger charge is -2.16. The number of carbonyl (C=O) groups is 1. The Morgan fingerprint density at radius 1 is 1.09 bits per heavy atom. The van der Waals surface area contributed by atoms with Crippen molar-refractivity contribution in [3.05, 3.63) is 60.2 Å². The summed E-state index contributed by atoms with van der Waals surface area (Å²) in [4.78, 5) is 12.0. The number of hydrogen-bond acceptors (Lipinski definition) is 3. The molecule has 3 N–H and O–H groups in total. The molecule has 0 saturated heterocycles. The molecule has 4 nitrogen and oxygen atoms in total. The predicted molar refractivity (Wildman–Crippen MR) is 87.6 cm³/mol. The first-order chi connectivity index (χ1) is 10.6. The minimum absolute atomic E-state index is 0.0514. The highest BCUT2D eigenvalue weighted by Crippen LogP contribution is 2.24. The van der Waals surface area contributed by atoms with Crippen molar-refractivity contribution >= 4 is 5.91 Å². The number of hydrogen-bond donors (Lipinski definition) is 2. The Morgan fingerprint density at radius 2 is 1.73 bits per heavy atom. The molecule has 0 bridgehead atoms. The fourth-order valence-electron chi connectivity index (χ4n) is 1.95. The molecule has 2 atom stereocenters. The molecule has 0 heterocycles. The number of benzene rings is 2. The van der Waals surface area contributed by atoms with Gasteiger partial charge in [0.15, 0.2) is 0 Å². The van der Waals surface area contributed by atoms with Gasteiger partial charge in [0.05, 0.1) is 0 Å². The first-order valence-corrected chi connectivity index (χ1v) is 7.42. The molecule has 0 fully saturated rings. The maximum Gasteiger partial charge on any atom is 0.224 e. The highest BCUT2D eigenvalue weighted by Gasteiger charge is 2.17. The van der Waals surface area contributed by atoms with Gasteiger partial charge in [0, 0.05) is 24.1 Å². The molecule has 0 aromatic heterocycles. The minimum atomic E-state index is -0.220. The maximum atomic E-state index is 12.0. The molecule has 0 aliphatic rings. The summed E-state index contributed by atoms with van der Waals surface area (Å²) in [5, 5.41) is 2.91. The van der Waals surface area contributed by atoms with Gasteiger partial charge in [0.2, 0.25) is 5.91 Å². The van der Waals surface area contributed by atoms with E-state index in [4.69, 9.17) is 10.5 Å². The standard InChI is InChI=1S/C18H22N2O2/c1-13(14(2)19)18(21)20-12-15-8-6-7-11-17(15)22-16-9-4-3-5-10-16/h3-11,13-14H,12,19H2,1-2H3,(H,20,21). The second kappa shape index (κ2) is 7.61. The summed E-state index contributed by atoms with van der Waals surface area (Å²) < 4.78 is 5.87. The van der Waals surface area contributed by atoms with E-state index in [1.807, 2.05) is 68.4 Å². The largest absolute Gasteiger partial charge is 0.457 e. The summed E-state index contributed by atoms with van der Waals surface area (Å²) in [7, 11) is 0. The number of carbonyl (C=O) groups excluding carboxylic acids is 1. The topological polar surface area (TPSA) is 64.4 Å². The van der Waals surface area contributed by atoms with E-state index in [0.29, 0.717) is 6.54 Å². The van der Waals surface area contributed by atoms with Crippen LogP contribution in [0.1, 0.15) is 19.4 Å². The Labute approximate surface area is 131 Å². The summed E-state index contributed by atoms with van der Waals surface area (Å²) in [6.45, 7) is 4.07. The van der Waals surface area contributed by atoms with Crippen molar-refractivity contribution in [3.8, 4) is 11.5 Å². The summed E-state index contributed by atoms with van der Waals surface area (Å²) >= 11 is 0. The van der Waals surface area contributed by atoms with Crippen molar-refractivity contribution in [2.45, 2.75) is 26.4 Å². The Morgan fingerprint density at radius 3 is 2.41 bits per heavy atom. The first-order valence-electron chi connectivity index (χ1n) is 7.42. The van der Waals surface area contributed by atoms with E-state index in [1.54, 1.807) is 0 Å². The van der Waals surface area contributed by atoms with E-state index in [2.05, 4.69) is 5.32 Å². The Bertz CT molecular complexity index is 611. The van der Waals surface area contributed by atoms with Crippen LogP contribution in [0.25, 0.3) is 0 Å². The molecule has 2 rings (SSSR count). The molecular weight excluding hydrogens is 276 g/mol. The van der Waals surface area contributed by atoms with Gasteiger partial charge in [-0.1, -0.05) is 43.3 Å². The maximum absolute atomic E-state index is 12.0. The van der Waals surface area contributed by atoms with E-state index >= 15 is 0 Å². The summed E-state index contributed by atoms with van der Waals surface area (Å²) in [6, 6.07) is 17.1. The van der Waals surface area contributed by atoms with Crippen molar-refractivity contribution in [3.63, 3.8) is 0 Å². The number of ether oxygens (including phenoxy) is 1. The van der Waals surface area contributed by atoms with Crippen LogP contribution in [0, 0.1) is 5.92 Å². The third kappa shape index (κ3) is 4.33. The Kier molecular flexibility index (Phi) is 5.55. The van der Waals surface area contributed by atoms with Gasteiger partial charge in [-0.05, 0) is 25.1 Å². The molecule has 116 valence electrons. The van der Waals surface area contributed by atoms with Gasteiger partial charge in [0.1, 0.15) is 11.5 Å². The number of nitrogens with two attached hydrogens (primary N) is 1. The summed E-state index contributed by atoms with van der Waals surface area (Å²) in [5.74, 6) is 1.24. The molecule has 4 heteroatoms. The van der Waals surface area contributed by atoms with E-state index < -0.39 is 0 Å². The van der Waals surface area contributed by atoms with Crippen molar-refractivity contribution in [1.29, 1.82) is 0 Å². The highest BCUT2D eigenvalue weighted by atomic mass is 16.5. The lowest BCUT2D eigenvalue weighted by atomic mass is 10.0. The smallest absolute Gasteiger partial charge is 0.224 e. The van der Waals surface area contributed by atoms with Gasteiger partial charge in [-0.3, -0.25) is 4.79 Å². The normalized spacial score (nSPS) is 13.2. The van der Waals surface area contributed by atoms with Gasteiger partial charge < -0.3 is 15.8 Å². The molecule has 0 radical (unpaired) electrons. The number of para-hydroxylation sites is 2. The molecule has 2 aromatic carbocycles. The molecule has 0 spiro atoms. The van der Waals surface area contributed by atoms with Crippen LogP contribution in [0.5, 0.6) is 11.5 Å². The molecule has 22 heavy (non-hydrogen) atoms. The van der Waals surface area contributed by atoms with E-state index in [9.17, 15) is 4.79 Å². The van der Waals surface area contributed by atoms with Crippen LogP contribution in [0.4, 0.5) is 0 Å². The quantitative estimate of drug-likeness (QED) is 0.861. The van der Waals surface area contributed by atoms with Gasteiger partial charge in [-0.2, -0.15) is 0 Å². The van der Waals surface area contributed by atoms with Crippen LogP contribution in [0.3, 0.4) is 0 Å². The molecule has 1 amide bonds. The van der Waals surface area contributed by atoms with Gasteiger partial charge in [-0.25, -0.2) is 0 Å². The zero-order valence-electron chi connectivity index (χ0n) is 13.0. The van der Waals surface area contributed by atoms with Crippen molar-refractivity contribution in [1.82, 2.24) is 5.32 Å². The van der Waals surface area contributed by atoms with E-state index in [-0.39, 0.29) is 17.9 Å². The third-order valence-corrected chi connectivity index (χ3v) is 3.60. The van der Waals surface area contributed by atoms with Gasteiger partial charge in [0.25, 0.3) is 0 Å². The SMILES string of the molecule is CC(N)C(C)C(=O)NCc1ccccc1Oc1ccccc1. The second-order valence-electron chi connectivity index (χ2n) is 5.39. The molecule has 2 unspecified atom stereocenters. The Balaban J connectivity index is 2.04. The summed E-state index contributed by atoms with van der Waals surface area (Å²) in [6.07, 6.45) is 0. The summed E-state index contributed by atoms with van der Waals surface area (Å²) in [5.41, 5.74) is 6.68. The first kappa shape index (κ1) is 16.0. The van der Waals surface area contributed by atoms with Crippen LogP contribution in [0.15, 0.2) is 54.6 Å². The number of amides is 1. The van der Waals surface area contributed by atoms with Crippen molar-refractivity contribution in [2.24, 2.45) is 11.7 Å². The van der Waals surface area contributed by atoms with Gasteiger partial charge >= 0.3 is 0 Å². The second-order valence-corrected chi connectivity index (χ2v) is 5.39. The van der Waals surface area contributed by atoms with E-state index in [0.717, 1.165) is 17.1 Å². The lowest BCUT2D eigenvalue weighted by molar-refractivity contribution is -0.125. The molecule has 0 aliphatic heterocycles. The third-order valence-electron chi connectivity index (χ3n) is 3.60. The fourth-order valence-corrected chi connectivity index (χ4v) is 1.95. The van der Waals surface area contributed by atoms with Crippen LogP contribution in [-0.2, 0) is 11.3 Å². The van der Waals surface area contributed by atoms with Crippen LogP contribution >= 0.6 is 0 Å². The minimum Gasteiger partial charge on any atom is -0.457 e. The molecule has 2 aromatic rings.